The maximum atomic E-state index is 11.8. The van der Waals surface area contributed by atoms with Gasteiger partial charge in [0, 0.05) is 76.8 Å². The number of ether oxygens (including phenoxy) is 2. The standard InChI is InChI=1S/C34H45N9O3/c1-5-46-32(44)23-41-18-16-40(17-19-41)22-25-6-8-26(9-7-25)33-37-28-21-36-31(20-29(28)43(33)24(2)3)38-30-10-13-35-34(39-30)42-14-11-27(45-4)12-15-42/h6-10,13,20-21,24,27H,5,11-12,14-19,22-23H2,1-4H3,(H,35,36,38,39). The summed E-state index contributed by atoms with van der Waals surface area (Å²) in [4.78, 5) is 37.6. The Morgan fingerprint density at radius 2 is 1.70 bits per heavy atom. The molecule has 2 aliphatic rings. The quantitative estimate of drug-likeness (QED) is 0.237. The first-order chi connectivity index (χ1) is 22.4. The molecule has 0 unspecified atom stereocenters. The molecule has 0 aliphatic carbocycles. The van der Waals surface area contributed by atoms with E-state index in [1.165, 1.54) is 5.56 Å². The Kier molecular flexibility index (Phi) is 10.1. The Bertz CT molecular complexity index is 1610. The zero-order chi connectivity index (χ0) is 32.0. The lowest BCUT2D eigenvalue weighted by Gasteiger charge is -2.34. The lowest BCUT2D eigenvalue weighted by atomic mass is 10.1. The number of esters is 1. The predicted octanol–water partition coefficient (Wildman–Crippen LogP) is 4.51. The van der Waals surface area contributed by atoms with Crippen LogP contribution in [0.25, 0.3) is 22.4 Å². The van der Waals surface area contributed by atoms with Crippen LogP contribution in [-0.2, 0) is 20.8 Å². The van der Waals surface area contributed by atoms with Crippen molar-refractivity contribution in [2.45, 2.75) is 52.3 Å². The van der Waals surface area contributed by atoms with Crippen LogP contribution in [-0.4, -0.2) is 106 Å². The van der Waals surface area contributed by atoms with Crippen LogP contribution in [0.4, 0.5) is 17.6 Å². The normalized spacial score (nSPS) is 16.8. The molecule has 12 heteroatoms. The number of pyridine rings is 1. The van der Waals surface area contributed by atoms with Crippen molar-refractivity contribution in [3.05, 3.63) is 54.4 Å². The Hall–Kier alpha value is -4.13. The lowest BCUT2D eigenvalue weighted by Crippen LogP contribution is -2.47. The molecule has 4 aromatic rings. The molecule has 2 fully saturated rings. The maximum absolute atomic E-state index is 11.8. The number of anilines is 3. The third-order valence-electron chi connectivity index (χ3n) is 8.79. The van der Waals surface area contributed by atoms with Gasteiger partial charge in [0.05, 0.1) is 31.0 Å². The fourth-order valence-corrected chi connectivity index (χ4v) is 6.30. The van der Waals surface area contributed by atoms with Crippen LogP contribution in [0.2, 0.25) is 0 Å². The molecule has 244 valence electrons. The van der Waals surface area contributed by atoms with Crippen molar-refractivity contribution in [1.82, 2.24) is 34.3 Å². The molecule has 0 atom stereocenters. The van der Waals surface area contributed by atoms with Crippen LogP contribution in [0.15, 0.2) is 48.8 Å². The molecule has 46 heavy (non-hydrogen) atoms. The molecule has 0 spiro atoms. The van der Waals surface area contributed by atoms with Gasteiger partial charge in [0.25, 0.3) is 0 Å². The molecular formula is C34H45N9O3. The van der Waals surface area contributed by atoms with E-state index in [-0.39, 0.29) is 12.0 Å². The van der Waals surface area contributed by atoms with Gasteiger partial charge < -0.3 is 24.3 Å². The molecule has 0 saturated carbocycles. The van der Waals surface area contributed by atoms with Crippen LogP contribution >= 0.6 is 0 Å². The van der Waals surface area contributed by atoms with Gasteiger partial charge in [-0.15, -0.1) is 0 Å². The van der Waals surface area contributed by atoms with Crippen molar-refractivity contribution >= 4 is 34.6 Å². The van der Waals surface area contributed by atoms with E-state index in [0.717, 1.165) is 87.0 Å². The van der Waals surface area contributed by atoms with E-state index < -0.39 is 0 Å². The average Bonchev–Trinajstić information content (AvgIpc) is 3.45. The van der Waals surface area contributed by atoms with Crippen LogP contribution < -0.4 is 10.2 Å². The summed E-state index contributed by atoms with van der Waals surface area (Å²) >= 11 is 0. The van der Waals surface area contributed by atoms with E-state index in [4.69, 9.17) is 19.4 Å². The van der Waals surface area contributed by atoms with E-state index in [1.807, 2.05) is 25.3 Å². The molecule has 3 aromatic heterocycles. The zero-order valence-corrected chi connectivity index (χ0v) is 27.4. The van der Waals surface area contributed by atoms with Crippen molar-refractivity contribution in [2.75, 3.05) is 69.7 Å². The number of nitrogens with zero attached hydrogens (tertiary/aromatic N) is 8. The molecule has 1 aromatic carbocycles. The summed E-state index contributed by atoms with van der Waals surface area (Å²) in [6, 6.07) is 12.8. The van der Waals surface area contributed by atoms with E-state index in [9.17, 15) is 4.79 Å². The van der Waals surface area contributed by atoms with Gasteiger partial charge in [0.2, 0.25) is 5.95 Å². The molecule has 2 aliphatic heterocycles. The average molecular weight is 628 g/mol. The van der Waals surface area contributed by atoms with Crippen LogP contribution in [0.1, 0.15) is 45.2 Å². The summed E-state index contributed by atoms with van der Waals surface area (Å²) in [5.74, 6) is 2.91. The van der Waals surface area contributed by atoms with Crippen molar-refractivity contribution < 1.29 is 14.3 Å². The number of piperazine rings is 1. The topological polar surface area (TPSA) is 114 Å². The van der Waals surface area contributed by atoms with Crippen molar-refractivity contribution in [3.63, 3.8) is 0 Å². The molecule has 5 heterocycles. The number of hydrogen-bond acceptors (Lipinski definition) is 11. The van der Waals surface area contributed by atoms with Crippen molar-refractivity contribution in [1.29, 1.82) is 0 Å². The Labute approximate surface area is 270 Å². The number of rotatable bonds is 11. The summed E-state index contributed by atoms with van der Waals surface area (Å²) in [6.45, 7) is 13.2. The molecule has 0 bridgehead atoms. The minimum absolute atomic E-state index is 0.142. The minimum Gasteiger partial charge on any atom is -0.465 e. The number of benzene rings is 1. The smallest absolute Gasteiger partial charge is 0.320 e. The number of fused-ring (bicyclic) bond motifs is 1. The highest BCUT2D eigenvalue weighted by Gasteiger charge is 2.22. The maximum Gasteiger partial charge on any atom is 0.320 e. The zero-order valence-electron chi connectivity index (χ0n) is 27.4. The number of nitrogens with one attached hydrogen (secondary N) is 1. The van der Waals surface area contributed by atoms with E-state index in [1.54, 1.807) is 13.3 Å². The van der Waals surface area contributed by atoms with Gasteiger partial charge >= 0.3 is 5.97 Å². The van der Waals surface area contributed by atoms with Crippen LogP contribution in [0, 0.1) is 0 Å². The Balaban J connectivity index is 1.13. The monoisotopic (exact) mass is 627 g/mol. The summed E-state index contributed by atoms with van der Waals surface area (Å²) in [7, 11) is 1.78. The van der Waals surface area contributed by atoms with Gasteiger partial charge in [0.1, 0.15) is 23.0 Å². The number of piperidine rings is 1. The van der Waals surface area contributed by atoms with Crippen molar-refractivity contribution in [3.8, 4) is 11.4 Å². The highest BCUT2D eigenvalue weighted by molar-refractivity contribution is 5.83. The molecule has 6 rings (SSSR count). The Morgan fingerprint density at radius 3 is 2.39 bits per heavy atom. The van der Waals surface area contributed by atoms with E-state index >= 15 is 0 Å². The number of carbonyl (C=O) groups excluding carboxylic acids is 1. The van der Waals surface area contributed by atoms with Gasteiger partial charge in [-0.2, -0.15) is 4.98 Å². The van der Waals surface area contributed by atoms with Crippen molar-refractivity contribution in [2.24, 2.45) is 0 Å². The fourth-order valence-electron chi connectivity index (χ4n) is 6.30. The number of methoxy groups -OCH3 is 1. The number of hydrogen-bond donors (Lipinski definition) is 1. The number of aromatic nitrogens is 5. The molecule has 12 nitrogen and oxygen atoms in total. The molecule has 2 saturated heterocycles. The van der Waals surface area contributed by atoms with E-state index in [0.29, 0.717) is 30.9 Å². The first-order valence-electron chi connectivity index (χ1n) is 16.4. The lowest BCUT2D eigenvalue weighted by molar-refractivity contribution is -0.144. The van der Waals surface area contributed by atoms with Gasteiger partial charge in [0.15, 0.2) is 0 Å². The second kappa shape index (κ2) is 14.5. The highest BCUT2D eigenvalue weighted by atomic mass is 16.5. The molecule has 1 N–H and O–H groups in total. The van der Waals surface area contributed by atoms with Gasteiger partial charge in [-0.25, -0.2) is 15.0 Å². The fraction of sp³-hybridized carbons (Fsp3) is 0.500. The first-order valence-corrected chi connectivity index (χ1v) is 16.4. The summed E-state index contributed by atoms with van der Waals surface area (Å²) in [6.07, 6.45) is 5.86. The molecular weight excluding hydrogens is 582 g/mol. The van der Waals surface area contributed by atoms with Gasteiger partial charge in [-0.3, -0.25) is 14.6 Å². The number of carbonyl (C=O) groups is 1. The largest absolute Gasteiger partial charge is 0.465 e. The molecule has 0 radical (unpaired) electrons. The molecule has 0 amide bonds. The summed E-state index contributed by atoms with van der Waals surface area (Å²) in [5, 5.41) is 3.39. The minimum atomic E-state index is -0.142. The first kappa shape index (κ1) is 31.8. The second-order valence-corrected chi connectivity index (χ2v) is 12.3. The SMILES string of the molecule is CCOC(=O)CN1CCN(Cc2ccc(-c3nc4cnc(Nc5ccnc(N6CCC(OC)CC6)n5)cc4n3C(C)C)cc2)CC1. The summed E-state index contributed by atoms with van der Waals surface area (Å²) in [5.41, 5.74) is 4.20. The number of imidazole rings is 1. The van der Waals surface area contributed by atoms with E-state index in [2.05, 4.69) is 72.7 Å². The Morgan fingerprint density at radius 1 is 0.957 bits per heavy atom. The van der Waals surface area contributed by atoms with Crippen LogP contribution in [0.5, 0.6) is 0 Å². The second-order valence-electron chi connectivity index (χ2n) is 12.3. The van der Waals surface area contributed by atoms with Gasteiger partial charge in [-0.05, 0) is 45.2 Å². The van der Waals surface area contributed by atoms with Crippen LogP contribution in [0.3, 0.4) is 0 Å². The third kappa shape index (κ3) is 7.46. The van der Waals surface area contributed by atoms with Gasteiger partial charge in [-0.1, -0.05) is 24.3 Å². The predicted molar refractivity (Wildman–Crippen MR) is 179 cm³/mol. The third-order valence-corrected chi connectivity index (χ3v) is 8.79. The summed E-state index contributed by atoms with van der Waals surface area (Å²) < 4.78 is 12.9. The highest BCUT2D eigenvalue weighted by Crippen LogP contribution is 2.30.